The van der Waals surface area contributed by atoms with Crippen LogP contribution in [0.4, 0.5) is 23.2 Å². The Hall–Kier alpha value is -2.09. The number of benzene rings is 2. The number of hydrogen-bond acceptors (Lipinski definition) is 2. The highest BCUT2D eigenvalue weighted by Gasteiger charge is 2.20. The molecule has 0 aliphatic heterocycles. The van der Waals surface area contributed by atoms with Crippen molar-refractivity contribution in [3.05, 3.63) is 58.1 Å². The van der Waals surface area contributed by atoms with Gasteiger partial charge in [-0.25, -0.2) is 17.6 Å². The highest BCUT2D eigenvalue weighted by atomic mass is 79.9. The summed E-state index contributed by atoms with van der Waals surface area (Å²) >= 11 is 3.07. The van der Waals surface area contributed by atoms with Crippen molar-refractivity contribution in [2.45, 2.75) is 13.0 Å². The van der Waals surface area contributed by atoms with Gasteiger partial charge in [-0.3, -0.25) is 4.79 Å². The molecule has 1 amide bonds. The zero-order chi connectivity index (χ0) is 17.1. The van der Waals surface area contributed by atoms with Gasteiger partial charge in [0, 0.05) is 0 Å². The minimum absolute atomic E-state index is 0.194. The van der Waals surface area contributed by atoms with Crippen molar-refractivity contribution in [1.82, 2.24) is 0 Å². The van der Waals surface area contributed by atoms with E-state index in [0.29, 0.717) is 6.07 Å². The van der Waals surface area contributed by atoms with Crippen LogP contribution in [0.1, 0.15) is 6.92 Å². The molecule has 0 aliphatic rings. The Morgan fingerprint density at radius 2 is 1.83 bits per heavy atom. The van der Waals surface area contributed by atoms with E-state index in [-0.39, 0.29) is 10.2 Å². The van der Waals surface area contributed by atoms with Crippen LogP contribution in [-0.2, 0) is 4.79 Å². The molecule has 0 bridgehead atoms. The third kappa shape index (κ3) is 4.01. The standard InChI is InChI=1S/C15H10BrF4NO2/c1-7(23-12-5-2-8(17)6-9(12)16)15(22)21-11-4-3-10(18)13(19)14(11)20/h2-7H,1H3,(H,21,22). The molecule has 1 atom stereocenters. The summed E-state index contributed by atoms with van der Waals surface area (Å²) in [5.74, 6) is -5.64. The number of nitrogens with one attached hydrogen (secondary N) is 1. The SMILES string of the molecule is CC(Oc1ccc(F)cc1Br)C(=O)Nc1ccc(F)c(F)c1F. The van der Waals surface area contributed by atoms with Crippen LogP contribution in [0.3, 0.4) is 0 Å². The van der Waals surface area contributed by atoms with E-state index < -0.39 is 41.0 Å². The van der Waals surface area contributed by atoms with Crippen molar-refractivity contribution in [3.63, 3.8) is 0 Å². The average Bonchev–Trinajstić information content (AvgIpc) is 2.50. The molecule has 3 nitrogen and oxygen atoms in total. The summed E-state index contributed by atoms with van der Waals surface area (Å²) in [6.45, 7) is 1.36. The van der Waals surface area contributed by atoms with Gasteiger partial charge < -0.3 is 10.1 Å². The molecule has 23 heavy (non-hydrogen) atoms. The van der Waals surface area contributed by atoms with Gasteiger partial charge >= 0.3 is 0 Å². The fourth-order valence-electron chi connectivity index (χ4n) is 1.67. The smallest absolute Gasteiger partial charge is 0.265 e. The van der Waals surface area contributed by atoms with Crippen LogP contribution in [0.15, 0.2) is 34.8 Å². The summed E-state index contributed by atoms with van der Waals surface area (Å²) in [5.41, 5.74) is -0.512. The quantitative estimate of drug-likeness (QED) is 0.619. The normalized spacial score (nSPS) is 11.9. The van der Waals surface area contributed by atoms with E-state index in [0.717, 1.165) is 18.2 Å². The predicted molar refractivity (Wildman–Crippen MR) is 79.1 cm³/mol. The molecule has 2 aromatic carbocycles. The lowest BCUT2D eigenvalue weighted by Gasteiger charge is -2.16. The lowest BCUT2D eigenvalue weighted by Crippen LogP contribution is -2.30. The van der Waals surface area contributed by atoms with Crippen molar-refractivity contribution >= 4 is 27.5 Å². The maximum Gasteiger partial charge on any atom is 0.265 e. The Labute approximate surface area is 137 Å². The molecule has 0 saturated heterocycles. The van der Waals surface area contributed by atoms with E-state index in [1.165, 1.54) is 13.0 Å². The molecule has 2 aromatic rings. The summed E-state index contributed by atoms with van der Waals surface area (Å²) in [6.07, 6.45) is -1.09. The Morgan fingerprint density at radius 3 is 2.48 bits per heavy atom. The van der Waals surface area contributed by atoms with Gasteiger partial charge in [-0.05, 0) is 53.2 Å². The number of hydrogen-bond donors (Lipinski definition) is 1. The first kappa shape index (κ1) is 17.3. The third-order valence-electron chi connectivity index (χ3n) is 2.86. The van der Waals surface area contributed by atoms with Crippen LogP contribution < -0.4 is 10.1 Å². The Balaban J connectivity index is 2.10. The van der Waals surface area contributed by atoms with Crippen LogP contribution in [0.5, 0.6) is 5.75 Å². The second-order valence-corrected chi connectivity index (χ2v) is 5.40. The number of carbonyl (C=O) groups excluding carboxylic acids is 1. The maximum absolute atomic E-state index is 13.5. The van der Waals surface area contributed by atoms with Crippen LogP contribution in [-0.4, -0.2) is 12.0 Å². The molecule has 0 aliphatic carbocycles. The topological polar surface area (TPSA) is 38.3 Å². The summed E-state index contributed by atoms with van der Waals surface area (Å²) < 4.78 is 58.0. The Kier molecular flexibility index (Phi) is 5.25. The number of halogens is 5. The molecular weight excluding hydrogens is 382 g/mol. The van der Waals surface area contributed by atoms with Crippen LogP contribution in [0.25, 0.3) is 0 Å². The highest BCUT2D eigenvalue weighted by molar-refractivity contribution is 9.10. The molecule has 8 heteroatoms. The van der Waals surface area contributed by atoms with E-state index >= 15 is 0 Å². The van der Waals surface area contributed by atoms with Crippen LogP contribution in [0, 0.1) is 23.3 Å². The summed E-state index contributed by atoms with van der Waals surface area (Å²) in [4.78, 5) is 11.9. The van der Waals surface area contributed by atoms with Gasteiger partial charge in [-0.15, -0.1) is 0 Å². The van der Waals surface area contributed by atoms with Gasteiger partial charge in [-0.2, -0.15) is 0 Å². The first-order chi connectivity index (χ1) is 10.8. The summed E-state index contributed by atoms with van der Waals surface area (Å²) in [7, 11) is 0. The lowest BCUT2D eigenvalue weighted by atomic mass is 10.2. The maximum atomic E-state index is 13.5. The number of amides is 1. The minimum Gasteiger partial charge on any atom is -0.480 e. The van der Waals surface area contributed by atoms with Crippen LogP contribution >= 0.6 is 15.9 Å². The monoisotopic (exact) mass is 391 g/mol. The first-order valence-electron chi connectivity index (χ1n) is 6.35. The zero-order valence-corrected chi connectivity index (χ0v) is 13.3. The van der Waals surface area contributed by atoms with Gasteiger partial charge in [0.05, 0.1) is 10.2 Å². The zero-order valence-electron chi connectivity index (χ0n) is 11.7. The van der Waals surface area contributed by atoms with Crippen molar-refractivity contribution in [2.24, 2.45) is 0 Å². The third-order valence-corrected chi connectivity index (χ3v) is 3.48. The molecular formula is C15H10BrF4NO2. The second kappa shape index (κ2) is 6.99. The molecule has 1 unspecified atom stereocenters. The highest BCUT2D eigenvalue weighted by Crippen LogP contribution is 2.27. The number of rotatable bonds is 4. The van der Waals surface area contributed by atoms with Crippen molar-refractivity contribution < 1.29 is 27.1 Å². The Morgan fingerprint density at radius 1 is 1.13 bits per heavy atom. The van der Waals surface area contributed by atoms with Gasteiger partial charge in [0.25, 0.3) is 5.91 Å². The van der Waals surface area contributed by atoms with Crippen molar-refractivity contribution in [3.8, 4) is 5.75 Å². The number of ether oxygens (including phenoxy) is 1. The average molecular weight is 392 g/mol. The van der Waals surface area contributed by atoms with E-state index in [1.807, 2.05) is 0 Å². The summed E-state index contributed by atoms with van der Waals surface area (Å²) in [6, 6.07) is 5.18. The number of anilines is 1. The molecule has 1 N–H and O–H groups in total. The molecule has 0 saturated carbocycles. The Bertz CT molecular complexity index is 754. The fraction of sp³-hybridized carbons (Fsp3) is 0.133. The minimum atomic E-state index is -1.68. The van der Waals surface area contributed by atoms with E-state index in [4.69, 9.17) is 4.74 Å². The molecule has 0 radical (unpaired) electrons. The molecule has 0 fully saturated rings. The molecule has 0 heterocycles. The number of carbonyl (C=O) groups is 1. The van der Waals surface area contributed by atoms with Gasteiger partial charge in [0.2, 0.25) is 0 Å². The molecule has 2 rings (SSSR count). The van der Waals surface area contributed by atoms with Crippen molar-refractivity contribution in [2.75, 3.05) is 5.32 Å². The van der Waals surface area contributed by atoms with Crippen molar-refractivity contribution in [1.29, 1.82) is 0 Å². The second-order valence-electron chi connectivity index (χ2n) is 4.55. The largest absolute Gasteiger partial charge is 0.480 e. The molecule has 122 valence electrons. The first-order valence-corrected chi connectivity index (χ1v) is 7.15. The van der Waals surface area contributed by atoms with E-state index in [1.54, 1.807) is 0 Å². The van der Waals surface area contributed by atoms with Gasteiger partial charge in [0.15, 0.2) is 23.6 Å². The van der Waals surface area contributed by atoms with E-state index in [2.05, 4.69) is 21.2 Å². The summed E-state index contributed by atoms with van der Waals surface area (Å²) in [5, 5.41) is 2.09. The van der Waals surface area contributed by atoms with Gasteiger partial charge in [0.1, 0.15) is 11.6 Å². The molecule has 0 aromatic heterocycles. The lowest BCUT2D eigenvalue weighted by molar-refractivity contribution is -0.122. The van der Waals surface area contributed by atoms with Crippen LogP contribution in [0.2, 0.25) is 0 Å². The predicted octanol–water partition coefficient (Wildman–Crippen LogP) is 4.41. The molecule has 0 spiro atoms. The fourth-order valence-corrected chi connectivity index (χ4v) is 2.12. The van der Waals surface area contributed by atoms with E-state index in [9.17, 15) is 22.4 Å². The van der Waals surface area contributed by atoms with Gasteiger partial charge in [-0.1, -0.05) is 0 Å².